The van der Waals surface area contributed by atoms with E-state index < -0.39 is 63.1 Å². The number of halogens is 6. The molecule has 1 amide bonds. The van der Waals surface area contributed by atoms with Gasteiger partial charge in [-0.15, -0.1) is 0 Å². The van der Waals surface area contributed by atoms with Crippen LogP contribution >= 0.6 is 0 Å². The Bertz CT molecular complexity index is 1180. The fourth-order valence-electron chi connectivity index (χ4n) is 3.87. The molecule has 0 spiro atoms. The van der Waals surface area contributed by atoms with Crippen LogP contribution in [0.3, 0.4) is 0 Å². The summed E-state index contributed by atoms with van der Waals surface area (Å²) in [6.45, 7) is 0.227. The second kappa shape index (κ2) is 11.0. The fraction of sp³-hybridized carbons (Fsp3) is 0.480. The minimum absolute atomic E-state index is 0.106. The maximum absolute atomic E-state index is 14.4. The van der Waals surface area contributed by atoms with Crippen LogP contribution in [0.25, 0.3) is 0 Å². The molecule has 0 unspecified atom stereocenters. The summed E-state index contributed by atoms with van der Waals surface area (Å²) in [6, 6.07) is 10.2. The van der Waals surface area contributed by atoms with Crippen molar-refractivity contribution in [2.24, 2.45) is 5.92 Å². The molecule has 5 nitrogen and oxygen atoms in total. The van der Waals surface area contributed by atoms with E-state index in [0.717, 1.165) is 12.1 Å². The van der Waals surface area contributed by atoms with Gasteiger partial charge in [-0.25, -0.2) is 8.42 Å². The Labute approximate surface area is 211 Å². The molecule has 0 saturated heterocycles. The Balaban J connectivity index is 2.14. The van der Waals surface area contributed by atoms with Gasteiger partial charge in [-0.1, -0.05) is 37.6 Å². The molecule has 0 heterocycles. The molecule has 1 fully saturated rings. The molecule has 1 aliphatic carbocycles. The monoisotopic (exact) mass is 551 g/mol. The molecule has 1 saturated carbocycles. The van der Waals surface area contributed by atoms with Gasteiger partial charge >= 0.3 is 12.4 Å². The third-order valence-corrected chi connectivity index (χ3v) is 7.95. The van der Waals surface area contributed by atoms with Crippen LogP contribution in [-0.2, 0) is 26.7 Å². The van der Waals surface area contributed by atoms with Crippen LogP contribution < -0.4 is 5.32 Å². The summed E-state index contributed by atoms with van der Waals surface area (Å²) in [6.07, 6.45) is -10.9. The molecular formula is C25H27F6NO4S. The number of amides is 1. The van der Waals surface area contributed by atoms with Crippen molar-refractivity contribution in [1.82, 2.24) is 5.32 Å². The topological polar surface area (TPSA) is 72.5 Å². The van der Waals surface area contributed by atoms with Crippen molar-refractivity contribution < 1.29 is 44.3 Å². The number of sulfone groups is 1. The van der Waals surface area contributed by atoms with Gasteiger partial charge in [0.05, 0.1) is 10.6 Å². The molecule has 0 aliphatic heterocycles. The zero-order valence-corrected chi connectivity index (χ0v) is 20.8. The molecule has 2 aromatic carbocycles. The van der Waals surface area contributed by atoms with Gasteiger partial charge in [-0.2, -0.15) is 26.3 Å². The molecule has 1 N–H and O–H groups in total. The molecule has 3 rings (SSSR count). The van der Waals surface area contributed by atoms with E-state index in [1.807, 2.05) is 0 Å². The lowest BCUT2D eigenvalue weighted by Crippen LogP contribution is -2.56. The van der Waals surface area contributed by atoms with Crippen molar-refractivity contribution in [3.05, 3.63) is 65.2 Å². The third kappa shape index (κ3) is 6.46. The first kappa shape index (κ1) is 29.0. The number of carbonyl (C=O) groups excluding carboxylic acids is 1. The maximum atomic E-state index is 14.4. The summed E-state index contributed by atoms with van der Waals surface area (Å²) in [5, 5.41) is 2.43. The number of hydrogen-bond acceptors (Lipinski definition) is 4. The summed E-state index contributed by atoms with van der Waals surface area (Å²) in [4.78, 5) is 11.3. The van der Waals surface area contributed by atoms with Crippen LogP contribution in [0.2, 0.25) is 0 Å². The molecule has 1 aliphatic rings. The quantitative estimate of drug-likeness (QED) is 0.277. The van der Waals surface area contributed by atoms with E-state index in [1.54, 1.807) is 25.1 Å². The van der Waals surface area contributed by atoms with Crippen LogP contribution in [0.1, 0.15) is 54.1 Å². The number of rotatable bonds is 11. The highest BCUT2D eigenvalue weighted by Gasteiger charge is 2.74. The second-order valence-electron chi connectivity index (χ2n) is 8.98. The first-order chi connectivity index (χ1) is 17.2. The minimum atomic E-state index is -6.03. The maximum Gasteiger partial charge on any atom is 0.430 e. The normalized spacial score (nSPS) is 15.0. The van der Waals surface area contributed by atoms with E-state index in [1.165, 1.54) is 12.1 Å². The van der Waals surface area contributed by atoms with Crippen molar-refractivity contribution in [3.63, 3.8) is 0 Å². The number of alkyl halides is 6. The Morgan fingerprint density at radius 1 is 1.00 bits per heavy atom. The molecule has 2 aromatic rings. The summed E-state index contributed by atoms with van der Waals surface area (Å²) < 4.78 is 117. The molecule has 37 heavy (non-hydrogen) atoms. The van der Waals surface area contributed by atoms with Crippen LogP contribution in [0.5, 0.6) is 0 Å². The number of unbranched alkanes of at least 4 members (excludes halogenated alkanes) is 1. The third-order valence-electron chi connectivity index (χ3n) is 6.01. The summed E-state index contributed by atoms with van der Waals surface area (Å²) >= 11 is 0. The highest BCUT2D eigenvalue weighted by atomic mass is 32.2. The van der Waals surface area contributed by atoms with E-state index >= 15 is 0 Å². The molecule has 12 heteroatoms. The predicted octanol–water partition coefficient (Wildman–Crippen LogP) is 5.94. The Morgan fingerprint density at radius 2 is 1.62 bits per heavy atom. The highest BCUT2D eigenvalue weighted by Crippen LogP contribution is 2.55. The Morgan fingerprint density at radius 3 is 2.16 bits per heavy atom. The van der Waals surface area contributed by atoms with Gasteiger partial charge in [0.2, 0.25) is 0 Å². The standard InChI is InChI=1S/C25H27F6NO4S/c1-2-3-13-36-23(24(26,27)28,25(29,30)31)20-14-18(15-32-22(33)19-7-5-4-6-8-19)11-12-21(20)37(34,35)16-17-9-10-17/h4-8,11-12,14,17H,2-3,9-10,13,15-16H2,1H3,(H,32,33). The van der Waals surface area contributed by atoms with Gasteiger partial charge in [0, 0.05) is 24.3 Å². The van der Waals surface area contributed by atoms with Crippen molar-refractivity contribution in [2.75, 3.05) is 12.4 Å². The smallest absolute Gasteiger partial charge is 0.354 e. The lowest BCUT2D eigenvalue weighted by molar-refractivity contribution is -0.390. The van der Waals surface area contributed by atoms with Gasteiger partial charge in [0.25, 0.3) is 11.5 Å². The molecule has 0 atom stereocenters. The van der Waals surface area contributed by atoms with Crippen LogP contribution in [0, 0.1) is 5.92 Å². The zero-order valence-electron chi connectivity index (χ0n) is 20.0. The Hall–Kier alpha value is -2.60. The lowest BCUT2D eigenvalue weighted by atomic mass is 9.90. The summed E-state index contributed by atoms with van der Waals surface area (Å²) in [5.74, 6) is -1.50. The van der Waals surface area contributed by atoms with Crippen molar-refractivity contribution in [2.45, 2.75) is 62.0 Å². The van der Waals surface area contributed by atoms with Gasteiger partial charge in [-0.3, -0.25) is 4.79 Å². The SMILES string of the molecule is CCCCOC(c1cc(CNC(=O)c2ccccc2)ccc1S(=O)(=O)CC1CC1)(C(F)(F)F)C(F)(F)F. The molecule has 204 valence electrons. The summed E-state index contributed by atoms with van der Waals surface area (Å²) in [5.41, 5.74) is -6.34. The first-order valence-corrected chi connectivity index (χ1v) is 13.3. The van der Waals surface area contributed by atoms with E-state index in [-0.39, 0.29) is 29.9 Å². The first-order valence-electron chi connectivity index (χ1n) is 11.7. The van der Waals surface area contributed by atoms with Crippen molar-refractivity contribution in [3.8, 4) is 0 Å². The van der Waals surface area contributed by atoms with E-state index in [2.05, 4.69) is 10.1 Å². The van der Waals surface area contributed by atoms with Crippen LogP contribution in [-0.4, -0.2) is 39.0 Å². The van der Waals surface area contributed by atoms with Crippen molar-refractivity contribution in [1.29, 1.82) is 0 Å². The Kier molecular flexibility index (Phi) is 8.63. The number of nitrogens with one attached hydrogen (secondary N) is 1. The largest absolute Gasteiger partial charge is 0.430 e. The average molecular weight is 552 g/mol. The number of carbonyl (C=O) groups is 1. The number of benzene rings is 2. The second-order valence-corrected chi connectivity index (χ2v) is 11.0. The van der Waals surface area contributed by atoms with E-state index in [4.69, 9.17) is 0 Å². The molecular weight excluding hydrogens is 524 g/mol. The van der Waals surface area contributed by atoms with E-state index in [9.17, 15) is 39.6 Å². The highest BCUT2D eigenvalue weighted by molar-refractivity contribution is 7.91. The number of ether oxygens (including phenoxy) is 1. The average Bonchev–Trinajstić information content (AvgIpc) is 3.62. The molecule has 0 aromatic heterocycles. The lowest BCUT2D eigenvalue weighted by Gasteiger charge is -2.38. The van der Waals surface area contributed by atoms with Gasteiger partial charge in [0.15, 0.2) is 9.84 Å². The van der Waals surface area contributed by atoms with Gasteiger partial charge < -0.3 is 10.1 Å². The molecule has 0 radical (unpaired) electrons. The number of hydrogen-bond donors (Lipinski definition) is 1. The van der Waals surface area contributed by atoms with E-state index in [0.29, 0.717) is 18.9 Å². The summed E-state index contributed by atoms with van der Waals surface area (Å²) in [7, 11) is -4.52. The molecule has 0 bridgehead atoms. The van der Waals surface area contributed by atoms with Crippen LogP contribution in [0.4, 0.5) is 26.3 Å². The fourth-order valence-corrected chi connectivity index (χ4v) is 5.82. The zero-order chi connectivity index (χ0) is 27.5. The minimum Gasteiger partial charge on any atom is -0.354 e. The van der Waals surface area contributed by atoms with Crippen molar-refractivity contribution >= 4 is 15.7 Å². The van der Waals surface area contributed by atoms with Gasteiger partial charge in [0.1, 0.15) is 0 Å². The van der Waals surface area contributed by atoms with Gasteiger partial charge in [-0.05, 0) is 55.0 Å². The van der Waals surface area contributed by atoms with Crippen LogP contribution in [0.15, 0.2) is 53.4 Å². The predicted molar refractivity (Wildman–Crippen MR) is 123 cm³/mol.